The molecule has 0 radical (unpaired) electrons. The van der Waals surface area contributed by atoms with E-state index < -0.39 is 123 Å². The molecule has 3 rings (SSSR count). The lowest BCUT2D eigenvalue weighted by atomic mass is 9.92. The molecule has 542 valence electrons. The lowest BCUT2D eigenvalue weighted by Crippen LogP contribution is -2.55. The quantitative estimate of drug-likeness (QED) is 0.0387. The predicted molar refractivity (Wildman–Crippen MR) is 342 cm³/mol. The minimum atomic E-state index is -1.25. The Labute approximate surface area is 551 Å². The smallest absolute Gasteiger partial charge is 0.223 e. The molecular weight excluding hydrogens is 1210 g/mol. The Morgan fingerprint density at radius 3 is 1.17 bits per heavy atom. The van der Waals surface area contributed by atoms with Gasteiger partial charge < -0.3 is 106 Å². The highest BCUT2D eigenvalue weighted by Gasteiger charge is 2.45. The zero-order valence-corrected chi connectivity index (χ0v) is 56.4. The summed E-state index contributed by atoms with van der Waals surface area (Å²) in [5.74, 6) is -3.19. The van der Waals surface area contributed by atoms with Gasteiger partial charge in [-0.15, -0.1) is 0 Å². The molecule has 8 unspecified atom stereocenters. The Hall–Kier alpha value is -3.62. The SMILES string of the molecule is CC(C)OCCCCCCNC(=O)CCCCCNC(=O)C(CCCCNC(=O)CCCCO[C@@H]1OC(CO)[C@H](O)[C@H](O)C1C)CC(=O)CCC(CCCCNC(=O)CCCCO[C@@H]1OC(CO)[C@H](O)[C@H](O)C1C)NC(=O)CCCCO[C@@H]1OC(CO)[C@H](O)[C@H](O)C1C. The van der Waals surface area contributed by atoms with E-state index in [1.807, 2.05) is 13.8 Å². The van der Waals surface area contributed by atoms with Crippen LogP contribution in [0.25, 0.3) is 0 Å². The standard InChI is InChI=1S/C66H121N5O22/c1-43(2)87-35-19-7-6-15-31-67-53(76)25-9-8-16-34-70-63(86)47(23-10-17-32-68-54(77)26-12-20-36-88-64-44(3)57(80)60(83)50(40-72)91-64)39-49(75)30-29-48(71-56(79)28-14-22-38-90-66-46(5)59(82)62(85)52(42-74)93-66)24-11-18-33-69-55(78)27-13-21-37-89-65-45(4)58(81)61(84)51(41-73)92-65/h43-48,50-52,57-62,64-66,72-74,80-85H,6-42H2,1-5H3,(H,67,76)(H,68,77)(H,69,78)(H,70,86)(H,71,79)/t44?,45?,46?,47?,48?,50?,51?,52?,57-,58-,59-,60+,61+,62+,64-,65-,66-/m1/s1. The van der Waals surface area contributed by atoms with E-state index in [1.165, 1.54) is 0 Å². The third-order valence-corrected chi connectivity index (χ3v) is 17.6. The van der Waals surface area contributed by atoms with Gasteiger partial charge in [0.15, 0.2) is 18.9 Å². The number of ketones is 1. The van der Waals surface area contributed by atoms with E-state index in [1.54, 1.807) is 20.8 Å². The molecule has 5 amide bonds. The first-order valence-electron chi connectivity index (χ1n) is 34.8. The minimum absolute atomic E-state index is 0.000169. The third kappa shape index (κ3) is 33.9. The van der Waals surface area contributed by atoms with Gasteiger partial charge in [0.05, 0.1) is 44.2 Å². The number of unbranched alkanes of at least 4 members (excludes halogenated alkanes) is 10. The molecule has 27 nitrogen and oxygen atoms in total. The molecule has 93 heavy (non-hydrogen) atoms. The van der Waals surface area contributed by atoms with Crippen molar-refractivity contribution in [2.24, 2.45) is 23.7 Å². The van der Waals surface area contributed by atoms with Crippen LogP contribution < -0.4 is 26.6 Å². The van der Waals surface area contributed by atoms with Crippen LogP contribution in [0, 0.1) is 23.7 Å². The number of Topliss-reactive ketones (excluding diaryl/α,β-unsaturated/α-hetero) is 1. The molecule has 14 N–H and O–H groups in total. The van der Waals surface area contributed by atoms with E-state index in [2.05, 4.69) is 26.6 Å². The zero-order valence-electron chi connectivity index (χ0n) is 56.4. The fourth-order valence-corrected chi connectivity index (χ4v) is 11.4. The van der Waals surface area contributed by atoms with Crippen LogP contribution >= 0.6 is 0 Å². The molecule has 27 heteroatoms. The first-order valence-corrected chi connectivity index (χ1v) is 34.8. The molecule has 0 aromatic carbocycles. The summed E-state index contributed by atoms with van der Waals surface area (Å²) >= 11 is 0. The summed E-state index contributed by atoms with van der Waals surface area (Å²) in [7, 11) is 0. The molecule has 3 aliphatic rings. The number of aliphatic hydroxyl groups excluding tert-OH is 9. The summed E-state index contributed by atoms with van der Waals surface area (Å²) in [5, 5.41) is 105. The second-order valence-corrected chi connectivity index (χ2v) is 25.9. The predicted octanol–water partition coefficient (Wildman–Crippen LogP) is 1.96. The van der Waals surface area contributed by atoms with Gasteiger partial charge in [0, 0.05) is 121 Å². The first kappa shape index (κ1) is 83.6. The number of ether oxygens (including phenoxy) is 7. The number of carbonyl (C=O) groups is 6. The maximum atomic E-state index is 13.9. The third-order valence-electron chi connectivity index (χ3n) is 17.6. The van der Waals surface area contributed by atoms with E-state index in [4.69, 9.17) is 33.2 Å². The van der Waals surface area contributed by atoms with Crippen LogP contribution in [0.15, 0.2) is 0 Å². The summed E-state index contributed by atoms with van der Waals surface area (Å²) < 4.78 is 39.8. The molecule has 17 atom stereocenters. The molecule has 3 heterocycles. The number of hydrogen-bond donors (Lipinski definition) is 14. The number of nitrogens with one attached hydrogen (secondary N) is 5. The fraction of sp³-hybridized carbons (Fsp3) is 0.909. The summed E-state index contributed by atoms with van der Waals surface area (Å²) in [4.78, 5) is 79.1. The van der Waals surface area contributed by atoms with Gasteiger partial charge in [-0.1, -0.05) is 46.5 Å². The monoisotopic (exact) mass is 1340 g/mol. The van der Waals surface area contributed by atoms with Crippen molar-refractivity contribution in [3.05, 3.63) is 0 Å². The molecule has 0 aliphatic carbocycles. The Morgan fingerprint density at radius 1 is 0.398 bits per heavy atom. The van der Waals surface area contributed by atoms with Gasteiger partial charge in [-0.05, 0) is 117 Å². The molecule has 0 aromatic rings. The van der Waals surface area contributed by atoms with Crippen LogP contribution in [-0.2, 0) is 61.9 Å². The number of aliphatic hydroxyl groups is 9. The lowest BCUT2D eigenvalue weighted by Gasteiger charge is -2.40. The maximum Gasteiger partial charge on any atom is 0.223 e. The van der Waals surface area contributed by atoms with E-state index >= 15 is 0 Å². The normalized spacial score (nSPS) is 27.1. The van der Waals surface area contributed by atoms with Crippen LogP contribution in [0.5, 0.6) is 0 Å². The summed E-state index contributed by atoms with van der Waals surface area (Å²) in [6.45, 7) is 10.8. The topological polar surface area (TPSA) is 409 Å². The first-order chi connectivity index (χ1) is 44.6. The number of hydrogen-bond acceptors (Lipinski definition) is 22. The molecule has 0 aromatic heterocycles. The molecular formula is C66H121N5O22. The van der Waals surface area contributed by atoms with Gasteiger partial charge in [-0.2, -0.15) is 0 Å². The fourth-order valence-electron chi connectivity index (χ4n) is 11.4. The lowest BCUT2D eigenvalue weighted by molar-refractivity contribution is -0.282. The minimum Gasteiger partial charge on any atom is -0.394 e. The van der Waals surface area contributed by atoms with Gasteiger partial charge in [0.1, 0.15) is 42.4 Å². The average Bonchev–Trinajstić information content (AvgIpc) is 0.936. The van der Waals surface area contributed by atoms with Crippen molar-refractivity contribution in [2.75, 3.05) is 72.4 Å². The summed E-state index contributed by atoms with van der Waals surface area (Å²) in [6.07, 6.45) is 1.33. The van der Waals surface area contributed by atoms with E-state index in [0.717, 1.165) is 38.7 Å². The highest BCUT2D eigenvalue weighted by atomic mass is 16.7. The van der Waals surface area contributed by atoms with Crippen molar-refractivity contribution in [1.29, 1.82) is 0 Å². The van der Waals surface area contributed by atoms with Crippen LogP contribution in [0.2, 0.25) is 0 Å². The molecule has 0 bridgehead atoms. The van der Waals surface area contributed by atoms with Crippen molar-refractivity contribution in [1.82, 2.24) is 26.6 Å². The molecule has 3 saturated heterocycles. The Kier molecular flexibility index (Phi) is 44.0. The van der Waals surface area contributed by atoms with E-state index in [-0.39, 0.29) is 93.3 Å². The van der Waals surface area contributed by atoms with Crippen molar-refractivity contribution < 1.29 is 108 Å². The van der Waals surface area contributed by atoms with Gasteiger partial charge >= 0.3 is 0 Å². The van der Waals surface area contributed by atoms with Crippen LogP contribution in [0.4, 0.5) is 0 Å². The van der Waals surface area contributed by atoms with Crippen LogP contribution in [0.3, 0.4) is 0 Å². The second kappa shape index (κ2) is 49.0. The van der Waals surface area contributed by atoms with Crippen LogP contribution in [0.1, 0.15) is 202 Å². The number of carbonyl (C=O) groups excluding carboxylic acids is 6. The van der Waals surface area contributed by atoms with E-state index in [9.17, 15) is 74.7 Å². The van der Waals surface area contributed by atoms with Crippen molar-refractivity contribution in [2.45, 2.75) is 288 Å². The number of rotatable bonds is 52. The zero-order chi connectivity index (χ0) is 68.5. The molecule has 3 aliphatic heterocycles. The van der Waals surface area contributed by atoms with Crippen molar-refractivity contribution >= 4 is 35.3 Å². The maximum absolute atomic E-state index is 13.9. The van der Waals surface area contributed by atoms with Gasteiger partial charge in [-0.3, -0.25) is 28.8 Å². The second-order valence-electron chi connectivity index (χ2n) is 25.9. The molecule has 0 spiro atoms. The van der Waals surface area contributed by atoms with E-state index in [0.29, 0.717) is 129 Å². The largest absolute Gasteiger partial charge is 0.394 e. The van der Waals surface area contributed by atoms with Gasteiger partial charge in [-0.25, -0.2) is 0 Å². The molecule has 0 saturated carbocycles. The highest BCUT2D eigenvalue weighted by Crippen LogP contribution is 2.30. The molecule has 3 fully saturated rings. The summed E-state index contributed by atoms with van der Waals surface area (Å²) in [6, 6.07) is -0.398. The van der Waals surface area contributed by atoms with Gasteiger partial charge in [0.2, 0.25) is 29.5 Å². The summed E-state index contributed by atoms with van der Waals surface area (Å²) in [5.41, 5.74) is 0. The van der Waals surface area contributed by atoms with Crippen molar-refractivity contribution in [3.63, 3.8) is 0 Å². The Bertz CT molecular complexity index is 2050. The van der Waals surface area contributed by atoms with Crippen molar-refractivity contribution in [3.8, 4) is 0 Å². The Balaban J connectivity index is 1.53. The van der Waals surface area contributed by atoms with Gasteiger partial charge in [0.25, 0.3) is 0 Å². The average molecular weight is 1340 g/mol. The highest BCUT2D eigenvalue weighted by molar-refractivity contribution is 5.87. The van der Waals surface area contributed by atoms with Crippen LogP contribution in [-0.4, -0.2) is 240 Å². The number of amides is 5. The Morgan fingerprint density at radius 2 is 0.753 bits per heavy atom.